The number of nitrogens with one attached hydrogen (secondary N) is 1. The maximum atomic E-state index is 11.9. The average Bonchev–Trinajstić information content (AvgIpc) is 2.92. The van der Waals surface area contributed by atoms with Crippen LogP contribution in [0.5, 0.6) is 0 Å². The summed E-state index contributed by atoms with van der Waals surface area (Å²) in [6.45, 7) is 13.0. The number of ketones is 1. The summed E-state index contributed by atoms with van der Waals surface area (Å²) in [6.07, 6.45) is 3.29. The van der Waals surface area contributed by atoms with Gasteiger partial charge in [0.15, 0.2) is 11.6 Å². The highest BCUT2D eigenvalue weighted by Crippen LogP contribution is 2.30. The van der Waals surface area contributed by atoms with E-state index in [9.17, 15) is 15.0 Å². The maximum absolute atomic E-state index is 11.9. The Morgan fingerprint density at radius 1 is 1.18 bits per heavy atom. The first kappa shape index (κ1) is 31.3. The summed E-state index contributed by atoms with van der Waals surface area (Å²) in [5, 5.41) is 26.3. The zero-order valence-electron chi connectivity index (χ0n) is 22.4. The minimum absolute atomic E-state index is 0.204. The van der Waals surface area contributed by atoms with E-state index in [4.69, 9.17) is 16.3 Å². The monoisotopic (exact) mass is 548 g/mol. The number of aliphatic hydroxyl groups excluding tert-OH is 2. The van der Waals surface area contributed by atoms with Gasteiger partial charge in [-0.25, -0.2) is 11.4 Å². The Labute approximate surface area is 234 Å². The number of aliphatic hydroxyl groups is 2. The van der Waals surface area contributed by atoms with E-state index in [0.29, 0.717) is 28.0 Å². The van der Waals surface area contributed by atoms with Gasteiger partial charge in [0.05, 0.1) is 6.10 Å². The van der Waals surface area contributed by atoms with Gasteiger partial charge in [0.2, 0.25) is 0 Å². The van der Waals surface area contributed by atoms with Gasteiger partial charge in [-0.15, -0.1) is 5.10 Å². The molecule has 0 fully saturated rings. The van der Waals surface area contributed by atoms with Gasteiger partial charge < -0.3 is 20.7 Å². The van der Waals surface area contributed by atoms with Crippen LogP contribution in [0.2, 0.25) is 0 Å². The van der Waals surface area contributed by atoms with Crippen molar-refractivity contribution >= 4 is 23.4 Å². The second kappa shape index (κ2) is 15.5. The molecule has 0 spiro atoms. The number of nitrogens with zero attached hydrogens (tertiary/aromatic N) is 1. The van der Waals surface area contributed by atoms with Gasteiger partial charge in [-0.3, -0.25) is 4.79 Å². The first-order chi connectivity index (χ1) is 18.6. The van der Waals surface area contributed by atoms with Crippen molar-refractivity contribution in [2.24, 2.45) is 16.7 Å². The number of carbonyl (C=O) groups excluding carboxylic acids is 1. The molecule has 2 aromatic rings. The number of hydrogen-bond donors (Lipinski definition) is 5. The molecule has 0 bridgehead atoms. The van der Waals surface area contributed by atoms with Crippen LogP contribution in [0.4, 0.5) is 0 Å². The van der Waals surface area contributed by atoms with Gasteiger partial charge >= 0.3 is 0 Å². The molecule has 2 atom stereocenters. The van der Waals surface area contributed by atoms with Crippen LogP contribution in [0.25, 0.3) is 0 Å². The molecule has 2 unspecified atom stereocenters. The molecule has 39 heavy (non-hydrogen) atoms. The minimum Gasteiger partial charge on any atom is -0.488 e. The molecule has 0 radical (unpaired) electrons. The molecule has 0 aromatic heterocycles. The van der Waals surface area contributed by atoms with Crippen LogP contribution in [0.3, 0.4) is 0 Å². The van der Waals surface area contributed by atoms with E-state index in [1.807, 2.05) is 37.3 Å². The summed E-state index contributed by atoms with van der Waals surface area (Å²) in [5.74, 6) is 5.62. The Bertz CT molecular complexity index is 1290. The fourth-order valence-electron chi connectivity index (χ4n) is 3.63. The summed E-state index contributed by atoms with van der Waals surface area (Å²) in [6, 6.07) is 14.5. The van der Waals surface area contributed by atoms with Gasteiger partial charge in [0.1, 0.15) is 18.5 Å². The first-order valence-electron chi connectivity index (χ1n) is 12.2. The minimum atomic E-state index is -0.919. The Morgan fingerprint density at radius 3 is 2.44 bits per heavy atom. The number of hydrazine groups is 1. The van der Waals surface area contributed by atoms with E-state index in [0.717, 1.165) is 10.5 Å². The number of ether oxygens (including phenoxy) is 1. The van der Waals surface area contributed by atoms with E-state index in [1.165, 1.54) is 25.6 Å². The number of Topliss-reactive ketones (excluding diaryl/α,β-unsaturated/α-hetero) is 1. The third-order valence-corrected chi connectivity index (χ3v) is 6.61. The molecule has 0 aliphatic carbocycles. The van der Waals surface area contributed by atoms with Gasteiger partial charge in [-0.2, -0.15) is 0 Å². The van der Waals surface area contributed by atoms with E-state index < -0.39 is 12.2 Å². The maximum Gasteiger partial charge on any atom is 0.158 e. The molecule has 0 saturated carbocycles. The van der Waals surface area contributed by atoms with Crippen molar-refractivity contribution in [2.45, 2.75) is 39.6 Å². The number of hydrogen-bond acceptors (Lipinski definition) is 8. The van der Waals surface area contributed by atoms with Crippen molar-refractivity contribution in [3.8, 4) is 0 Å². The Balaban J connectivity index is 2.27. The zero-order chi connectivity index (χ0) is 28.9. The summed E-state index contributed by atoms with van der Waals surface area (Å²) in [7, 11) is 0. The van der Waals surface area contributed by atoms with Crippen molar-refractivity contribution in [3.05, 3.63) is 129 Å². The lowest BCUT2D eigenvalue weighted by Gasteiger charge is -2.16. The topological polar surface area (TPSA) is 143 Å². The highest BCUT2D eigenvalue weighted by molar-refractivity contribution is 8.06. The van der Waals surface area contributed by atoms with Gasteiger partial charge in [0, 0.05) is 21.6 Å². The van der Waals surface area contributed by atoms with Gasteiger partial charge in [-0.1, -0.05) is 73.5 Å². The second-order valence-electron chi connectivity index (χ2n) is 8.49. The van der Waals surface area contributed by atoms with Crippen LogP contribution in [-0.2, 0) is 16.1 Å². The summed E-state index contributed by atoms with van der Waals surface area (Å²) >= 11 is 1.40. The molecule has 0 aliphatic heterocycles. The van der Waals surface area contributed by atoms with E-state index >= 15 is 0 Å². The molecule has 7 N–H and O–H groups in total. The fraction of sp³-hybridized carbons (Fsp3) is 0.200. The first-order valence-corrected chi connectivity index (χ1v) is 13.0. The largest absolute Gasteiger partial charge is 0.488 e. The lowest BCUT2D eigenvalue weighted by molar-refractivity contribution is -0.114. The standard InChI is InChI=1S/C30H36N4O4S/c1-6-28(39-7-2)19(3)27(16-15-26(20(4)35)21(5)36)38-18-22-11-13-23(14-12-22)29(37)24-9-8-10-25(17-24)30(31)33-34-32/h6-17,20,29,34-35,37H,2-3,18,32H2,1,4-5H3,(H2,31,33)/b26-15+,27-16+,28-6-. The van der Waals surface area contributed by atoms with E-state index in [1.54, 1.807) is 41.8 Å². The molecule has 0 amide bonds. The van der Waals surface area contributed by atoms with Gasteiger partial charge in [0.25, 0.3) is 0 Å². The van der Waals surface area contributed by atoms with Crippen molar-refractivity contribution < 1.29 is 19.7 Å². The van der Waals surface area contributed by atoms with Crippen LogP contribution in [0.15, 0.2) is 112 Å². The van der Waals surface area contributed by atoms with Crippen molar-refractivity contribution in [3.63, 3.8) is 0 Å². The predicted octanol–water partition coefficient (Wildman–Crippen LogP) is 4.49. The zero-order valence-corrected chi connectivity index (χ0v) is 23.2. The number of amidine groups is 1. The van der Waals surface area contributed by atoms with Crippen LogP contribution in [-0.4, -0.2) is 27.9 Å². The van der Waals surface area contributed by atoms with E-state index in [2.05, 4.69) is 23.8 Å². The molecule has 9 heteroatoms. The van der Waals surface area contributed by atoms with Crippen LogP contribution < -0.4 is 17.1 Å². The Hall–Kier alpha value is -3.89. The number of hydrazone groups is 1. The smallest absolute Gasteiger partial charge is 0.158 e. The number of nitrogens with two attached hydrogens (primary N) is 2. The normalized spacial score (nSPS) is 14.4. The summed E-state index contributed by atoms with van der Waals surface area (Å²) in [5.41, 5.74) is 11.7. The highest BCUT2D eigenvalue weighted by atomic mass is 32.2. The molecule has 0 saturated heterocycles. The fourth-order valence-corrected chi connectivity index (χ4v) is 4.19. The third kappa shape index (κ3) is 9.12. The Morgan fingerprint density at radius 2 is 1.87 bits per heavy atom. The molecule has 2 rings (SSSR count). The molecule has 0 aliphatic rings. The van der Waals surface area contributed by atoms with Crippen LogP contribution in [0, 0.1) is 0 Å². The quantitative estimate of drug-likeness (QED) is 0.0442. The number of benzene rings is 2. The SMILES string of the molecule is C=CS/C(=C\C)C(=C)/C(=C\C=C(\C(C)=O)C(C)O)OCc1ccc(C(O)c2cccc(/C(N)=N/NN)c2)cc1. The predicted molar refractivity (Wildman–Crippen MR) is 159 cm³/mol. The highest BCUT2D eigenvalue weighted by Gasteiger charge is 2.14. The van der Waals surface area contributed by atoms with E-state index in [-0.39, 0.29) is 23.8 Å². The summed E-state index contributed by atoms with van der Waals surface area (Å²) < 4.78 is 6.11. The molecule has 2 aromatic carbocycles. The summed E-state index contributed by atoms with van der Waals surface area (Å²) in [4.78, 5) is 12.8. The average molecular weight is 549 g/mol. The Kier molecular flexibility index (Phi) is 12.5. The number of allylic oxidation sites excluding steroid dienone is 4. The molecule has 8 nitrogen and oxygen atoms in total. The molecular formula is C30H36N4O4S. The van der Waals surface area contributed by atoms with Crippen LogP contribution in [0.1, 0.15) is 49.1 Å². The number of carbonyl (C=O) groups is 1. The van der Waals surface area contributed by atoms with Crippen molar-refractivity contribution in [2.75, 3.05) is 0 Å². The third-order valence-electron chi connectivity index (χ3n) is 5.71. The lowest BCUT2D eigenvalue weighted by atomic mass is 9.98. The number of rotatable bonds is 14. The molecular weight excluding hydrogens is 512 g/mol. The van der Waals surface area contributed by atoms with Crippen LogP contribution >= 0.6 is 11.8 Å². The molecule has 206 valence electrons. The van der Waals surface area contributed by atoms with Crippen molar-refractivity contribution in [1.29, 1.82) is 0 Å². The lowest BCUT2D eigenvalue weighted by Crippen LogP contribution is -2.23. The second-order valence-corrected chi connectivity index (χ2v) is 9.49. The molecule has 0 heterocycles. The van der Waals surface area contributed by atoms with Gasteiger partial charge in [-0.05, 0) is 61.1 Å². The van der Waals surface area contributed by atoms with Crippen molar-refractivity contribution in [1.82, 2.24) is 5.53 Å². The number of thioether (sulfide) groups is 1.